The number of aromatic nitrogens is 2. The molecule has 0 unspecified atom stereocenters. The summed E-state index contributed by atoms with van der Waals surface area (Å²) in [5.41, 5.74) is 1.53. The molecule has 6 heteroatoms. The molecular weight excluding hydrogens is 230 g/mol. The van der Waals surface area contributed by atoms with E-state index in [0.717, 1.165) is 5.52 Å². The molecule has 2 aromatic rings. The molecule has 0 saturated carbocycles. The quantitative estimate of drug-likeness (QED) is 0.856. The van der Waals surface area contributed by atoms with Gasteiger partial charge in [-0.1, -0.05) is 17.7 Å². The predicted molar refractivity (Wildman–Crippen MR) is 61.8 cm³/mol. The van der Waals surface area contributed by atoms with Crippen molar-refractivity contribution in [3.63, 3.8) is 0 Å². The normalized spacial score (nSPS) is 10.6. The topological polar surface area (TPSA) is 67.2 Å². The molecule has 84 valence electrons. The molecule has 2 rings (SSSR count). The number of nitrogens with one attached hydrogen (secondary N) is 1. The summed E-state index contributed by atoms with van der Waals surface area (Å²) in [6, 6.07) is 5.45. The van der Waals surface area contributed by atoms with Crippen molar-refractivity contribution in [1.29, 1.82) is 0 Å². The highest BCUT2D eigenvalue weighted by atomic mass is 35.5. The van der Waals surface area contributed by atoms with Gasteiger partial charge in [-0.3, -0.25) is 4.79 Å². The third-order valence-corrected chi connectivity index (χ3v) is 2.56. The number of halogens is 1. The molecule has 1 aromatic heterocycles. The Bertz CT molecular complexity index is 550. The summed E-state index contributed by atoms with van der Waals surface area (Å²) in [5.74, 6) is -0.441. The Kier molecular flexibility index (Phi) is 2.70. The summed E-state index contributed by atoms with van der Waals surface area (Å²) < 4.78 is 1.77. The first-order chi connectivity index (χ1) is 7.59. The Labute approximate surface area is 96.7 Å². The van der Waals surface area contributed by atoms with Crippen molar-refractivity contribution < 1.29 is 9.90 Å². The number of anilines is 1. The third kappa shape index (κ3) is 1.81. The van der Waals surface area contributed by atoms with Crippen LogP contribution in [0.2, 0.25) is 5.02 Å². The fourth-order valence-corrected chi connectivity index (χ4v) is 1.70. The van der Waals surface area contributed by atoms with Gasteiger partial charge in [0, 0.05) is 7.05 Å². The summed E-state index contributed by atoms with van der Waals surface area (Å²) in [4.78, 5) is 14.7. The Morgan fingerprint density at radius 2 is 2.38 bits per heavy atom. The van der Waals surface area contributed by atoms with Crippen LogP contribution in [0, 0.1) is 0 Å². The van der Waals surface area contributed by atoms with E-state index in [2.05, 4.69) is 10.3 Å². The van der Waals surface area contributed by atoms with Crippen LogP contribution in [0.1, 0.15) is 0 Å². The number of rotatable bonds is 3. The van der Waals surface area contributed by atoms with Crippen molar-refractivity contribution in [2.75, 3.05) is 11.9 Å². The molecule has 5 nitrogen and oxygen atoms in total. The van der Waals surface area contributed by atoms with Gasteiger partial charge < -0.3 is 15.0 Å². The van der Waals surface area contributed by atoms with Gasteiger partial charge >= 0.3 is 5.97 Å². The largest absolute Gasteiger partial charge is 0.480 e. The molecule has 0 atom stereocenters. The van der Waals surface area contributed by atoms with E-state index in [1.807, 2.05) is 12.1 Å². The monoisotopic (exact) mass is 239 g/mol. The summed E-state index contributed by atoms with van der Waals surface area (Å²) in [7, 11) is 1.80. The highest BCUT2D eigenvalue weighted by Gasteiger charge is 2.10. The van der Waals surface area contributed by atoms with Gasteiger partial charge in [0.1, 0.15) is 12.1 Å². The first-order valence-electron chi connectivity index (χ1n) is 4.66. The molecule has 0 radical (unpaired) electrons. The van der Waals surface area contributed by atoms with E-state index in [1.165, 1.54) is 0 Å². The van der Waals surface area contributed by atoms with Gasteiger partial charge in [-0.25, -0.2) is 4.98 Å². The van der Waals surface area contributed by atoms with E-state index in [0.29, 0.717) is 16.5 Å². The fraction of sp³-hybridized carbons (Fsp3) is 0.200. The van der Waals surface area contributed by atoms with E-state index in [9.17, 15) is 4.79 Å². The maximum absolute atomic E-state index is 10.4. The van der Waals surface area contributed by atoms with Crippen LogP contribution in [0.3, 0.4) is 0 Å². The Morgan fingerprint density at radius 3 is 3.00 bits per heavy atom. The number of carboxylic acid groups (broad SMARTS) is 1. The highest BCUT2D eigenvalue weighted by Crippen LogP contribution is 2.24. The lowest BCUT2D eigenvalue weighted by molar-refractivity contribution is -0.134. The zero-order valence-electron chi connectivity index (χ0n) is 8.57. The van der Waals surface area contributed by atoms with Crippen molar-refractivity contribution in [3.8, 4) is 0 Å². The summed E-state index contributed by atoms with van der Waals surface area (Å²) >= 11 is 5.99. The maximum atomic E-state index is 10.4. The molecule has 0 amide bonds. The average molecular weight is 240 g/mol. The SMILES string of the molecule is Cn1c(NCC(=O)O)nc2c(Cl)cccc21. The van der Waals surface area contributed by atoms with E-state index in [1.54, 1.807) is 17.7 Å². The molecule has 16 heavy (non-hydrogen) atoms. The van der Waals surface area contributed by atoms with E-state index >= 15 is 0 Å². The molecule has 2 N–H and O–H groups in total. The summed E-state index contributed by atoms with van der Waals surface area (Å²) in [5, 5.41) is 11.8. The van der Waals surface area contributed by atoms with E-state index < -0.39 is 5.97 Å². The van der Waals surface area contributed by atoms with Crippen molar-refractivity contribution in [2.24, 2.45) is 7.05 Å². The molecule has 0 fully saturated rings. The van der Waals surface area contributed by atoms with Crippen LogP contribution < -0.4 is 5.32 Å². The van der Waals surface area contributed by atoms with Crippen LogP contribution in [-0.4, -0.2) is 27.2 Å². The molecule has 0 bridgehead atoms. The van der Waals surface area contributed by atoms with Gasteiger partial charge in [-0.05, 0) is 12.1 Å². The molecule has 0 aliphatic carbocycles. The first kappa shape index (κ1) is 10.8. The Morgan fingerprint density at radius 1 is 1.62 bits per heavy atom. The van der Waals surface area contributed by atoms with Crippen LogP contribution in [0.15, 0.2) is 18.2 Å². The Balaban J connectivity index is 2.44. The number of hydrogen-bond donors (Lipinski definition) is 2. The zero-order valence-corrected chi connectivity index (χ0v) is 9.32. The lowest BCUT2D eigenvalue weighted by atomic mass is 10.3. The Hall–Kier alpha value is -1.75. The standard InChI is InChI=1S/C10H10ClN3O2/c1-14-7-4-2-3-6(11)9(7)13-10(14)12-5-8(15)16/h2-4H,5H2,1H3,(H,12,13)(H,15,16). The lowest BCUT2D eigenvalue weighted by Gasteiger charge is -2.02. The molecule has 0 saturated heterocycles. The number of para-hydroxylation sites is 1. The number of carbonyl (C=O) groups is 1. The van der Waals surface area contributed by atoms with Crippen molar-refractivity contribution in [2.45, 2.75) is 0 Å². The smallest absolute Gasteiger partial charge is 0.322 e. The first-order valence-corrected chi connectivity index (χ1v) is 5.04. The number of carboxylic acids is 1. The van der Waals surface area contributed by atoms with Crippen LogP contribution >= 0.6 is 11.6 Å². The molecule has 0 aliphatic rings. The maximum Gasteiger partial charge on any atom is 0.322 e. The number of imidazole rings is 1. The van der Waals surface area contributed by atoms with Crippen molar-refractivity contribution in [3.05, 3.63) is 23.2 Å². The van der Waals surface area contributed by atoms with E-state index in [4.69, 9.17) is 16.7 Å². The second-order valence-electron chi connectivity index (χ2n) is 3.35. The van der Waals surface area contributed by atoms with Gasteiger partial charge in [-0.2, -0.15) is 0 Å². The molecule has 0 aliphatic heterocycles. The number of nitrogens with zero attached hydrogens (tertiary/aromatic N) is 2. The molecule has 1 heterocycles. The van der Waals surface area contributed by atoms with Crippen molar-refractivity contribution in [1.82, 2.24) is 9.55 Å². The highest BCUT2D eigenvalue weighted by molar-refractivity contribution is 6.35. The molecular formula is C10H10ClN3O2. The third-order valence-electron chi connectivity index (χ3n) is 2.26. The fourth-order valence-electron chi connectivity index (χ4n) is 1.49. The molecule has 0 spiro atoms. The second kappa shape index (κ2) is 4.02. The number of aliphatic carboxylic acids is 1. The van der Waals surface area contributed by atoms with Crippen LogP contribution in [0.25, 0.3) is 11.0 Å². The minimum absolute atomic E-state index is 0.172. The van der Waals surface area contributed by atoms with Crippen LogP contribution in [0.4, 0.5) is 5.95 Å². The van der Waals surface area contributed by atoms with Gasteiger partial charge in [0.05, 0.1) is 10.5 Å². The van der Waals surface area contributed by atoms with Crippen molar-refractivity contribution >= 4 is 34.6 Å². The average Bonchev–Trinajstić information content (AvgIpc) is 2.55. The lowest BCUT2D eigenvalue weighted by Crippen LogP contribution is -2.14. The minimum Gasteiger partial charge on any atom is -0.480 e. The number of hydrogen-bond acceptors (Lipinski definition) is 3. The number of benzene rings is 1. The van der Waals surface area contributed by atoms with Gasteiger partial charge in [-0.15, -0.1) is 0 Å². The second-order valence-corrected chi connectivity index (χ2v) is 3.76. The number of fused-ring (bicyclic) bond motifs is 1. The predicted octanol–water partition coefficient (Wildman–Crippen LogP) is 1.72. The van der Waals surface area contributed by atoms with E-state index in [-0.39, 0.29) is 6.54 Å². The van der Waals surface area contributed by atoms with Gasteiger partial charge in [0.25, 0.3) is 0 Å². The van der Waals surface area contributed by atoms with Crippen LogP contribution in [0.5, 0.6) is 0 Å². The summed E-state index contributed by atoms with van der Waals surface area (Å²) in [6.07, 6.45) is 0. The number of aryl methyl sites for hydroxylation is 1. The summed E-state index contributed by atoms with van der Waals surface area (Å²) in [6.45, 7) is -0.172. The zero-order chi connectivity index (χ0) is 11.7. The van der Waals surface area contributed by atoms with Gasteiger partial charge in [0.2, 0.25) is 5.95 Å². The van der Waals surface area contributed by atoms with Gasteiger partial charge in [0.15, 0.2) is 0 Å². The minimum atomic E-state index is -0.932. The molecule has 1 aromatic carbocycles. The van der Waals surface area contributed by atoms with Crippen LogP contribution in [-0.2, 0) is 11.8 Å².